The van der Waals surface area contributed by atoms with Gasteiger partial charge in [0.05, 0.1) is 11.4 Å². The highest BCUT2D eigenvalue weighted by molar-refractivity contribution is 5.96. The lowest BCUT2D eigenvalue weighted by atomic mass is 10.1. The van der Waals surface area contributed by atoms with Crippen molar-refractivity contribution in [2.45, 2.75) is 46.1 Å². The monoisotopic (exact) mass is 341 g/mol. The van der Waals surface area contributed by atoms with Crippen LogP contribution in [0.15, 0.2) is 18.2 Å². The maximum Gasteiger partial charge on any atom is 0.274 e. The molecule has 2 heterocycles. The molecule has 0 saturated carbocycles. The van der Waals surface area contributed by atoms with Gasteiger partial charge in [0.1, 0.15) is 6.04 Å². The molecule has 0 bridgehead atoms. The van der Waals surface area contributed by atoms with Crippen LogP contribution >= 0.6 is 0 Å². The zero-order chi connectivity index (χ0) is 18.0. The van der Waals surface area contributed by atoms with Crippen LogP contribution in [0.4, 0.5) is 0 Å². The summed E-state index contributed by atoms with van der Waals surface area (Å²) in [6, 6.07) is 5.45. The Morgan fingerprint density at radius 3 is 2.80 bits per heavy atom. The molecule has 25 heavy (non-hydrogen) atoms. The number of amides is 2. The lowest BCUT2D eigenvalue weighted by Crippen LogP contribution is -2.45. The first-order valence-corrected chi connectivity index (χ1v) is 8.56. The van der Waals surface area contributed by atoms with Crippen LogP contribution in [0, 0.1) is 20.8 Å². The van der Waals surface area contributed by atoms with E-state index in [1.807, 2.05) is 32.0 Å². The number of aryl methyl sites for hydroxylation is 3. The van der Waals surface area contributed by atoms with Crippen LogP contribution < -0.4 is 10.6 Å². The summed E-state index contributed by atoms with van der Waals surface area (Å²) in [4.78, 5) is 26.0. The van der Waals surface area contributed by atoms with Crippen molar-refractivity contribution in [3.8, 4) is 5.69 Å². The molecular weight excluding hydrogens is 318 g/mol. The third-order valence-corrected chi connectivity index (χ3v) is 4.41. The molecule has 1 fully saturated rings. The highest BCUT2D eigenvalue weighted by atomic mass is 16.2. The van der Waals surface area contributed by atoms with Gasteiger partial charge in [-0.3, -0.25) is 9.59 Å². The molecule has 2 N–H and O–H groups in total. The molecule has 0 radical (unpaired) electrons. The fourth-order valence-corrected chi connectivity index (χ4v) is 3.03. The second-order valence-electron chi connectivity index (χ2n) is 6.53. The quantitative estimate of drug-likeness (QED) is 0.887. The van der Waals surface area contributed by atoms with Gasteiger partial charge in [-0.15, -0.1) is 5.10 Å². The standard InChI is InChI=1S/C18H23N5O2/c1-11-7-8-15(12(2)10-11)23-21-13(3)16(22-23)18(25)20-14-6-4-5-9-19-17(14)24/h7-8,10,14H,4-6,9H2,1-3H3,(H,19,24)(H,20,25)/t14-/m1/s1. The molecule has 1 saturated heterocycles. The topological polar surface area (TPSA) is 88.9 Å². The first-order chi connectivity index (χ1) is 12.0. The molecule has 2 aromatic rings. The van der Waals surface area contributed by atoms with Crippen molar-refractivity contribution < 1.29 is 9.59 Å². The number of carbonyl (C=O) groups is 2. The molecule has 1 atom stereocenters. The van der Waals surface area contributed by atoms with E-state index >= 15 is 0 Å². The van der Waals surface area contributed by atoms with Crippen LogP contribution in [0.5, 0.6) is 0 Å². The van der Waals surface area contributed by atoms with Crippen LogP contribution in [0.1, 0.15) is 46.6 Å². The molecule has 0 unspecified atom stereocenters. The van der Waals surface area contributed by atoms with E-state index in [9.17, 15) is 9.59 Å². The van der Waals surface area contributed by atoms with Crippen molar-refractivity contribution in [2.75, 3.05) is 6.54 Å². The van der Waals surface area contributed by atoms with Crippen LogP contribution in [-0.2, 0) is 4.79 Å². The second-order valence-corrected chi connectivity index (χ2v) is 6.53. The van der Waals surface area contributed by atoms with Crippen molar-refractivity contribution in [3.05, 3.63) is 40.7 Å². The zero-order valence-electron chi connectivity index (χ0n) is 14.8. The predicted octanol–water partition coefficient (Wildman–Crippen LogP) is 1.59. The Morgan fingerprint density at radius 1 is 1.24 bits per heavy atom. The maximum absolute atomic E-state index is 12.6. The van der Waals surface area contributed by atoms with E-state index in [4.69, 9.17) is 0 Å². The number of rotatable bonds is 3. The minimum atomic E-state index is -0.513. The number of nitrogens with zero attached hydrogens (tertiary/aromatic N) is 3. The van der Waals surface area contributed by atoms with Gasteiger partial charge in [0.2, 0.25) is 5.91 Å². The van der Waals surface area contributed by atoms with E-state index in [1.54, 1.807) is 6.92 Å². The fraction of sp³-hybridized carbons (Fsp3) is 0.444. The van der Waals surface area contributed by atoms with Crippen LogP contribution in [-0.4, -0.2) is 39.4 Å². The van der Waals surface area contributed by atoms with Crippen molar-refractivity contribution in [1.29, 1.82) is 0 Å². The van der Waals surface area contributed by atoms with E-state index < -0.39 is 6.04 Å². The minimum Gasteiger partial charge on any atom is -0.354 e. The first kappa shape index (κ1) is 17.1. The summed E-state index contributed by atoms with van der Waals surface area (Å²) >= 11 is 0. The molecular formula is C18H23N5O2. The first-order valence-electron chi connectivity index (χ1n) is 8.56. The van der Waals surface area contributed by atoms with E-state index in [2.05, 4.69) is 20.8 Å². The molecule has 132 valence electrons. The smallest absolute Gasteiger partial charge is 0.274 e. The van der Waals surface area contributed by atoms with Gasteiger partial charge in [-0.2, -0.15) is 9.90 Å². The average Bonchev–Trinajstić information content (AvgIpc) is 2.83. The number of hydrogen-bond donors (Lipinski definition) is 2. The number of benzene rings is 1. The molecule has 7 heteroatoms. The van der Waals surface area contributed by atoms with E-state index in [0.29, 0.717) is 18.7 Å². The normalized spacial score (nSPS) is 17.7. The number of hydrogen-bond acceptors (Lipinski definition) is 4. The summed E-state index contributed by atoms with van der Waals surface area (Å²) in [7, 11) is 0. The summed E-state index contributed by atoms with van der Waals surface area (Å²) in [5, 5.41) is 14.3. The maximum atomic E-state index is 12.6. The molecule has 0 spiro atoms. The summed E-state index contributed by atoms with van der Waals surface area (Å²) < 4.78 is 0. The molecule has 7 nitrogen and oxygen atoms in total. The number of aromatic nitrogens is 3. The molecule has 1 aliphatic rings. The zero-order valence-corrected chi connectivity index (χ0v) is 14.8. The van der Waals surface area contributed by atoms with Crippen LogP contribution in [0.25, 0.3) is 5.69 Å². The third-order valence-electron chi connectivity index (χ3n) is 4.41. The second kappa shape index (κ2) is 7.04. The molecule has 2 amide bonds. The highest BCUT2D eigenvalue weighted by Gasteiger charge is 2.25. The highest BCUT2D eigenvalue weighted by Crippen LogP contribution is 2.15. The van der Waals surface area contributed by atoms with Gasteiger partial charge in [-0.25, -0.2) is 0 Å². The van der Waals surface area contributed by atoms with Crippen LogP contribution in [0.2, 0.25) is 0 Å². The Hall–Kier alpha value is -2.70. The third kappa shape index (κ3) is 3.70. The summed E-state index contributed by atoms with van der Waals surface area (Å²) in [5.74, 6) is -0.499. The van der Waals surface area contributed by atoms with Gasteiger partial charge in [-0.1, -0.05) is 17.7 Å². The lowest BCUT2D eigenvalue weighted by molar-refractivity contribution is -0.122. The summed E-state index contributed by atoms with van der Waals surface area (Å²) in [6.45, 7) is 6.41. The van der Waals surface area contributed by atoms with Crippen LogP contribution in [0.3, 0.4) is 0 Å². The number of carbonyl (C=O) groups excluding carboxylic acids is 2. The average molecular weight is 341 g/mol. The van der Waals surface area contributed by atoms with Gasteiger partial charge in [-0.05, 0) is 51.7 Å². The Balaban J connectivity index is 1.82. The number of nitrogens with one attached hydrogen (secondary N) is 2. The van der Waals surface area contributed by atoms with E-state index in [-0.39, 0.29) is 17.5 Å². The Labute approximate surface area is 146 Å². The molecule has 0 aliphatic carbocycles. The van der Waals surface area contributed by atoms with Gasteiger partial charge < -0.3 is 10.6 Å². The predicted molar refractivity (Wildman–Crippen MR) is 93.7 cm³/mol. The Kier molecular flexibility index (Phi) is 4.83. The van der Waals surface area contributed by atoms with Gasteiger partial charge in [0.25, 0.3) is 5.91 Å². The molecule has 1 aromatic heterocycles. The van der Waals surface area contributed by atoms with Crippen molar-refractivity contribution >= 4 is 11.8 Å². The Morgan fingerprint density at radius 2 is 2.04 bits per heavy atom. The van der Waals surface area contributed by atoms with Gasteiger partial charge in [0.15, 0.2) is 5.69 Å². The fourth-order valence-electron chi connectivity index (χ4n) is 3.03. The van der Waals surface area contributed by atoms with Crippen molar-refractivity contribution in [3.63, 3.8) is 0 Å². The van der Waals surface area contributed by atoms with Crippen molar-refractivity contribution in [2.24, 2.45) is 0 Å². The van der Waals surface area contributed by atoms with Gasteiger partial charge in [0, 0.05) is 6.54 Å². The molecule has 1 aliphatic heterocycles. The van der Waals surface area contributed by atoms with E-state index in [1.165, 1.54) is 4.80 Å². The van der Waals surface area contributed by atoms with E-state index in [0.717, 1.165) is 29.7 Å². The minimum absolute atomic E-state index is 0.134. The summed E-state index contributed by atoms with van der Waals surface area (Å²) in [6.07, 6.45) is 2.47. The Bertz CT molecular complexity index is 812. The van der Waals surface area contributed by atoms with Gasteiger partial charge >= 0.3 is 0 Å². The largest absolute Gasteiger partial charge is 0.354 e. The lowest BCUT2D eigenvalue weighted by Gasteiger charge is -2.14. The summed E-state index contributed by atoms with van der Waals surface area (Å²) in [5.41, 5.74) is 3.80. The molecule has 3 rings (SSSR count). The molecule has 1 aromatic carbocycles. The SMILES string of the molecule is Cc1ccc(-n2nc(C)c(C(=O)N[C@@H]3CCCCNC3=O)n2)c(C)c1. The van der Waals surface area contributed by atoms with Crippen molar-refractivity contribution in [1.82, 2.24) is 25.6 Å².